The van der Waals surface area contributed by atoms with Crippen LogP contribution >= 0.6 is 0 Å². The molecule has 1 aliphatic carbocycles. The molecule has 5 nitrogen and oxygen atoms in total. The molecule has 5 heteroatoms. The summed E-state index contributed by atoms with van der Waals surface area (Å²) < 4.78 is 0. The normalized spacial score (nSPS) is 18.2. The summed E-state index contributed by atoms with van der Waals surface area (Å²) in [6, 6.07) is 0.119. The lowest BCUT2D eigenvalue weighted by atomic mass is 9.93. The minimum absolute atomic E-state index is 0.119. The van der Waals surface area contributed by atoms with E-state index >= 15 is 0 Å². The first-order valence-electron chi connectivity index (χ1n) is 5.90. The van der Waals surface area contributed by atoms with Crippen LogP contribution in [-0.4, -0.2) is 26.2 Å². The first-order chi connectivity index (χ1) is 7.74. The summed E-state index contributed by atoms with van der Waals surface area (Å²) in [6.07, 6.45) is 9.08. The fraction of sp³-hybridized carbons (Fsp3) is 0.727. The maximum Gasteiger partial charge on any atom is 0.176 e. The second-order valence-electron chi connectivity index (χ2n) is 4.47. The van der Waals surface area contributed by atoms with E-state index in [9.17, 15) is 0 Å². The van der Waals surface area contributed by atoms with Crippen LogP contribution in [-0.2, 0) is 13.5 Å². The Morgan fingerprint density at radius 2 is 2.31 bits per heavy atom. The van der Waals surface area contributed by atoms with E-state index in [1.165, 1.54) is 36.1 Å². The number of aromatic nitrogens is 4. The summed E-state index contributed by atoms with van der Waals surface area (Å²) in [5, 5.41) is 11.9. The van der Waals surface area contributed by atoms with E-state index in [1.807, 2.05) is 0 Å². The van der Waals surface area contributed by atoms with Crippen LogP contribution in [0.1, 0.15) is 37.9 Å². The van der Waals surface area contributed by atoms with Gasteiger partial charge in [0.1, 0.15) is 0 Å². The van der Waals surface area contributed by atoms with Crippen LogP contribution in [0.3, 0.4) is 0 Å². The molecule has 0 aliphatic heterocycles. The van der Waals surface area contributed by atoms with Gasteiger partial charge in [-0.05, 0) is 37.3 Å². The lowest BCUT2D eigenvalue weighted by Crippen LogP contribution is -2.24. The zero-order valence-corrected chi connectivity index (χ0v) is 9.76. The van der Waals surface area contributed by atoms with Gasteiger partial charge in [0.2, 0.25) is 0 Å². The number of nitrogens with zero attached hydrogens (tertiary/aromatic N) is 4. The van der Waals surface area contributed by atoms with Crippen molar-refractivity contribution in [3.8, 4) is 0 Å². The van der Waals surface area contributed by atoms with Crippen molar-refractivity contribution in [3.05, 3.63) is 17.5 Å². The van der Waals surface area contributed by atoms with Crippen molar-refractivity contribution in [2.24, 2.45) is 12.8 Å². The van der Waals surface area contributed by atoms with Gasteiger partial charge >= 0.3 is 0 Å². The van der Waals surface area contributed by atoms with Crippen LogP contribution in [0.25, 0.3) is 0 Å². The third-order valence-electron chi connectivity index (χ3n) is 2.90. The van der Waals surface area contributed by atoms with Gasteiger partial charge in [-0.3, -0.25) is 0 Å². The van der Waals surface area contributed by atoms with Crippen LogP contribution in [0.15, 0.2) is 11.6 Å². The van der Waals surface area contributed by atoms with Gasteiger partial charge in [-0.1, -0.05) is 11.6 Å². The maximum absolute atomic E-state index is 6.09. The van der Waals surface area contributed by atoms with Gasteiger partial charge in [0.25, 0.3) is 0 Å². The average Bonchev–Trinajstić information content (AvgIpc) is 2.65. The van der Waals surface area contributed by atoms with Gasteiger partial charge in [-0.15, -0.1) is 10.2 Å². The zero-order chi connectivity index (χ0) is 11.4. The van der Waals surface area contributed by atoms with E-state index in [-0.39, 0.29) is 6.04 Å². The molecule has 1 aromatic heterocycles. The van der Waals surface area contributed by atoms with Gasteiger partial charge in [0.15, 0.2) is 5.82 Å². The summed E-state index contributed by atoms with van der Waals surface area (Å²) in [4.78, 5) is 1.47. The third kappa shape index (κ3) is 3.13. The number of hydrogen-bond acceptors (Lipinski definition) is 4. The van der Waals surface area contributed by atoms with Crippen molar-refractivity contribution in [2.75, 3.05) is 0 Å². The van der Waals surface area contributed by atoms with Crippen LogP contribution in [0.2, 0.25) is 0 Å². The lowest BCUT2D eigenvalue weighted by Gasteiger charge is -2.16. The highest BCUT2D eigenvalue weighted by molar-refractivity contribution is 5.07. The Labute approximate surface area is 95.7 Å². The SMILES string of the molecule is Cn1nnc(CC(N)CC2=CCCCC2)n1. The van der Waals surface area contributed by atoms with Crippen LogP contribution in [0.4, 0.5) is 0 Å². The molecular weight excluding hydrogens is 202 g/mol. The van der Waals surface area contributed by atoms with Crippen molar-refractivity contribution in [3.63, 3.8) is 0 Å². The van der Waals surface area contributed by atoms with Crippen molar-refractivity contribution >= 4 is 0 Å². The standard InChI is InChI=1S/C11H19N5/c1-16-14-11(13-15-16)8-10(12)7-9-5-3-2-4-6-9/h5,10H,2-4,6-8,12H2,1H3. The fourth-order valence-corrected chi connectivity index (χ4v) is 2.14. The Bertz CT molecular complexity index is 368. The molecule has 0 amide bonds. The summed E-state index contributed by atoms with van der Waals surface area (Å²) in [5.74, 6) is 0.742. The predicted molar refractivity (Wildman–Crippen MR) is 61.6 cm³/mol. The Morgan fingerprint density at radius 3 is 2.94 bits per heavy atom. The molecule has 88 valence electrons. The highest BCUT2D eigenvalue weighted by Gasteiger charge is 2.12. The van der Waals surface area contributed by atoms with Crippen molar-refractivity contribution in [2.45, 2.75) is 44.6 Å². The molecule has 0 saturated carbocycles. The second kappa shape index (κ2) is 5.21. The molecule has 0 fully saturated rings. The van der Waals surface area contributed by atoms with Gasteiger partial charge in [-0.2, -0.15) is 4.80 Å². The summed E-state index contributed by atoms with van der Waals surface area (Å²) >= 11 is 0. The number of allylic oxidation sites excluding steroid dienone is 1. The van der Waals surface area contributed by atoms with E-state index in [4.69, 9.17) is 5.73 Å². The molecule has 0 radical (unpaired) electrons. The van der Waals surface area contributed by atoms with E-state index in [0.717, 1.165) is 12.2 Å². The summed E-state index contributed by atoms with van der Waals surface area (Å²) in [7, 11) is 1.77. The molecule has 1 unspecified atom stereocenters. The fourth-order valence-electron chi connectivity index (χ4n) is 2.14. The van der Waals surface area contributed by atoms with Crippen LogP contribution in [0.5, 0.6) is 0 Å². The molecule has 0 bridgehead atoms. The molecule has 0 aromatic carbocycles. The average molecular weight is 221 g/mol. The lowest BCUT2D eigenvalue weighted by molar-refractivity contribution is 0.589. The molecule has 1 atom stereocenters. The number of aryl methyl sites for hydroxylation is 1. The number of rotatable bonds is 4. The van der Waals surface area contributed by atoms with Gasteiger partial charge in [0, 0.05) is 12.5 Å². The highest BCUT2D eigenvalue weighted by atomic mass is 15.6. The molecular formula is C11H19N5. The third-order valence-corrected chi connectivity index (χ3v) is 2.90. The van der Waals surface area contributed by atoms with Crippen LogP contribution < -0.4 is 5.73 Å². The first kappa shape index (κ1) is 11.3. The Balaban J connectivity index is 1.83. The van der Waals surface area contributed by atoms with Gasteiger partial charge in [0.05, 0.1) is 7.05 Å². The van der Waals surface area contributed by atoms with E-state index in [0.29, 0.717) is 6.42 Å². The van der Waals surface area contributed by atoms with Gasteiger partial charge < -0.3 is 5.73 Å². The molecule has 1 heterocycles. The predicted octanol–water partition coefficient (Wildman–Crippen LogP) is 0.970. The number of hydrogen-bond donors (Lipinski definition) is 1. The maximum atomic E-state index is 6.09. The zero-order valence-electron chi connectivity index (χ0n) is 9.76. The monoisotopic (exact) mass is 221 g/mol. The molecule has 1 aliphatic rings. The molecule has 16 heavy (non-hydrogen) atoms. The molecule has 2 rings (SSSR count). The molecule has 2 N–H and O–H groups in total. The molecule has 0 saturated heterocycles. The van der Waals surface area contributed by atoms with Crippen molar-refractivity contribution < 1.29 is 0 Å². The summed E-state index contributed by atoms with van der Waals surface area (Å²) in [6.45, 7) is 0. The van der Waals surface area contributed by atoms with Gasteiger partial charge in [-0.25, -0.2) is 0 Å². The topological polar surface area (TPSA) is 69.6 Å². The van der Waals surface area contributed by atoms with Crippen molar-refractivity contribution in [1.29, 1.82) is 0 Å². The molecule has 1 aromatic rings. The molecule has 0 spiro atoms. The van der Waals surface area contributed by atoms with Crippen LogP contribution in [0, 0.1) is 0 Å². The summed E-state index contributed by atoms with van der Waals surface area (Å²) in [5.41, 5.74) is 7.59. The second-order valence-corrected chi connectivity index (χ2v) is 4.47. The number of nitrogens with two attached hydrogens (primary N) is 1. The highest BCUT2D eigenvalue weighted by Crippen LogP contribution is 2.21. The smallest absolute Gasteiger partial charge is 0.176 e. The Morgan fingerprint density at radius 1 is 1.44 bits per heavy atom. The van der Waals surface area contributed by atoms with E-state index in [1.54, 1.807) is 7.05 Å². The van der Waals surface area contributed by atoms with Crippen molar-refractivity contribution in [1.82, 2.24) is 20.2 Å². The quantitative estimate of drug-likeness (QED) is 0.769. The minimum atomic E-state index is 0.119. The van der Waals surface area contributed by atoms with E-state index in [2.05, 4.69) is 21.5 Å². The first-order valence-corrected chi connectivity index (χ1v) is 5.90. The minimum Gasteiger partial charge on any atom is -0.327 e. The Hall–Kier alpha value is -1.23. The van der Waals surface area contributed by atoms with E-state index < -0.39 is 0 Å². The Kier molecular flexibility index (Phi) is 3.66. The largest absolute Gasteiger partial charge is 0.327 e. The number of tetrazole rings is 1.